The minimum atomic E-state index is -0.400. The number of nitrogens with zero attached hydrogens (tertiary/aromatic N) is 1. The molecule has 25 heavy (non-hydrogen) atoms. The van der Waals surface area contributed by atoms with Crippen LogP contribution in [0.2, 0.25) is 10.0 Å². The minimum absolute atomic E-state index is 0.00580. The van der Waals surface area contributed by atoms with Gasteiger partial charge in [-0.3, -0.25) is 4.79 Å². The zero-order chi connectivity index (χ0) is 17.8. The predicted molar refractivity (Wildman–Crippen MR) is 96.0 cm³/mol. The van der Waals surface area contributed by atoms with Gasteiger partial charge in [-0.25, -0.2) is 9.37 Å². The van der Waals surface area contributed by atoms with E-state index in [0.29, 0.717) is 26.9 Å². The molecule has 0 atom stereocenters. The van der Waals surface area contributed by atoms with Crippen molar-refractivity contribution in [3.05, 3.63) is 69.7 Å². The molecule has 7 heteroatoms. The van der Waals surface area contributed by atoms with E-state index < -0.39 is 5.97 Å². The molecule has 0 aliphatic carbocycles. The lowest BCUT2D eigenvalue weighted by molar-refractivity contribution is -0.144. The molecule has 0 bridgehead atoms. The Balaban J connectivity index is 1.55. The summed E-state index contributed by atoms with van der Waals surface area (Å²) in [6, 6.07) is 9.27. The first-order chi connectivity index (χ1) is 12.0. The number of aromatic nitrogens is 2. The first-order valence-electron chi connectivity index (χ1n) is 7.42. The molecule has 3 aromatic rings. The van der Waals surface area contributed by atoms with Crippen LogP contribution < -0.4 is 0 Å². The van der Waals surface area contributed by atoms with Crippen molar-refractivity contribution in [1.82, 2.24) is 9.97 Å². The summed E-state index contributed by atoms with van der Waals surface area (Å²) in [7, 11) is 0. The standard InChI is InChI=1S/C18H13Cl2FN2O2/c19-12-8-14(20)18-15(9-12)22-16(23-18)10-25-17(24)3-1-2-11-4-6-13(21)7-5-11/h1-2,4-9H,3,10H2,(H,22,23)/b2-1+. The maximum absolute atomic E-state index is 12.8. The van der Waals surface area contributed by atoms with Crippen LogP contribution in [0.25, 0.3) is 17.1 Å². The third-order valence-electron chi connectivity index (χ3n) is 3.39. The van der Waals surface area contributed by atoms with Crippen LogP contribution in [0, 0.1) is 5.82 Å². The molecule has 128 valence electrons. The van der Waals surface area contributed by atoms with Crippen molar-refractivity contribution >= 4 is 46.3 Å². The number of carbonyl (C=O) groups excluding carboxylic acids is 1. The summed E-state index contributed by atoms with van der Waals surface area (Å²) < 4.78 is 18.0. The zero-order valence-electron chi connectivity index (χ0n) is 12.9. The van der Waals surface area contributed by atoms with Crippen LogP contribution in [0.5, 0.6) is 0 Å². The lowest BCUT2D eigenvalue weighted by atomic mass is 10.2. The Bertz CT molecular complexity index is 936. The normalized spacial score (nSPS) is 11.3. The number of halogens is 3. The molecule has 1 heterocycles. The maximum atomic E-state index is 12.8. The highest BCUT2D eigenvalue weighted by Crippen LogP contribution is 2.26. The first kappa shape index (κ1) is 17.5. The summed E-state index contributed by atoms with van der Waals surface area (Å²) in [5.41, 5.74) is 2.06. The molecule has 0 amide bonds. The van der Waals surface area contributed by atoms with Gasteiger partial charge in [-0.05, 0) is 29.8 Å². The number of hydrogen-bond acceptors (Lipinski definition) is 3. The predicted octanol–water partition coefficient (Wildman–Crippen LogP) is 5.16. The number of ether oxygens (including phenoxy) is 1. The number of esters is 1. The van der Waals surface area contributed by atoms with Gasteiger partial charge < -0.3 is 9.72 Å². The lowest BCUT2D eigenvalue weighted by Gasteiger charge is -2.00. The van der Waals surface area contributed by atoms with E-state index in [4.69, 9.17) is 27.9 Å². The summed E-state index contributed by atoms with van der Waals surface area (Å²) in [6.07, 6.45) is 3.48. The third kappa shape index (κ3) is 4.59. The van der Waals surface area contributed by atoms with Gasteiger partial charge in [0, 0.05) is 5.02 Å². The number of nitrogens with one attached hydrogen (secondary N) is 1. The van der Waals surface area contributed by atoms with Crippen LogP contribution in [-0.4, -0.2) is 15.9 Å². The largest absolute Gasteiger partial charge is 0.457 e. The van der Waals surface area contributed by atoms with Gasteiger partial charge in [-0.1, -0.05) is 47.5 Å². The Morgan fingerprint density at radius 2 is 2.00 bits per heavy atom. The van der Waals surface area contributed by atoms with Crippen LogP contribution in [0.3, 0.4) is 0 Å². The number of H-pyrrole nitrogens is 1. The van der Waals surface area contributed by atoms with Crippen molar-refractivity contribution in [1.29, 1.82) is 0 Å². The topological polar surface area (TPSA) is 55.0 Å². The quantitative estimate of drug-likeness (QED) is 0.624. The molecular weight excluding hydrogens is 366 g/mol. The third-order valence-corrected chi connectivity index (χ3v) is 3.89. The summed E-state index contributed by atoms with van der Waals surface area (Å²) in [5.74, 6) is -0.221. The molecule has 1 aromatic heterocycles. The van der Waals surface area contributed by atoms with Crippen LogP contribution in [0.1, 0.15) is 17.8 Å². The van der Waals surface area contributed by atoms with Crippen molar-refractivity contribution in [2.24, 2.45) is 0 Å². The van der Waals surface area contributed by atoms with Gasteiger partial charge in [-0.2, -0.15) is 0 Å². The van der Waals surface area contributed by atoms with Gasteiger partial charge in [0.25, 0.3) is 0 Å². The number of imidazole rings is 1. The SMILES string of the molecule is O=C(C/C=C/c1ccc(F)cc1)OCc1nc2c(Cl)cc(Cl)cc2[nH]1. The fraction of sp³-hybridized carbons (Fsp3) is 0.111. The Labute approximate surface area is 153 Å². The fourth-order valence-electron chi connectivity index (χ4n) is 2.23. The highest BCUT2D eigenvalue weighted by molar-refractivity contribution is 6.38. The van der Waals surface area contributed by atoms with E-state index in [0.717, 1.165) is 5.56 Å². The van der Waals surface area contributed by atoms with Crippen LogP contribution >= 0.6 is 23.2 Å². The van der Waals surface area contributed by atoms with Gasteiger partial charge in [0.15, 0.2) is 0 Å². The van der Waals surface area contributed by atoms with Gasteiger partial charge in [-0.15, -0.1) is 0 Å². The number of fused-ring (bicyclic) bond motifs is 1. The molecule has 0 saturated heterocycles. The molecule has 0 unspecified atom stereocenters. The molecule has 0 spiro atoms. The molecule has 0 fully saturated rings. The Kier molecular flexibility index (Phi) is 5.36. The molecule has 0 radical (unpaired) electrons. The summed E-state index contributed by atoms with van der Waals surface area (Å²) >= 11 is 12.0. The fourth-order valence-corrected chi connectivity index (χ4v) is 2.77. The maximum Gasteiger partial charge on any atom is 0.310 e. The molecule has 1 N–H and O–H groups in total. The summed E-state index contributed by atoms with van der Waals surface area (Å²) in [6.45, 7) is 0.00580. The highest BCUT2D eigenvalue weighted by Gasteiger charge is 2.09. The zero-order valence-corrected chi connectivity index (χ0v) is 14.4. The Morgan fingerprint density at radius 3 is 2.76 bits per heavy atom. The van der Waals surface area contributed by atoms with Crippen LogP contribution in [0.4, 0.5) is 4.39 Å². The second kappa shape index (κ2) is 7.68. The summed E-state index contributed by atoms with van der Waals surface area (Å²) in [4.78, 5) is 19.1. The second-order valence-corrected chi connectivity index (χ2v) is 6.13. The number of hydrogen-bond donors (Lipinski definition) is 1. The van der Waals surface area contributed by atoms with E-state index in [1.165, 1.54) is 12.1 Å². The molecule has 3 rings (SSSR count). The van der Waals surface area contributed by atoms with E-state index in [1.54, 1.807) is 36.4 Å². The molecular formula is C18H13Cl2FN2O2. The first-order valence-corrected chi connectivity index (χ1v) is 8.18. The average Bonchev–Trinajstić information content (AvgIpc) is 2.98. The monoisotopic (exact) mass is 378 g/mol. The number of carbonyl (C=O) groups is 1. The molecule has 0 saturated carbocycles. The number of aromatic amines is 1. The minimum Gasteiger partial charge on any atom is -0.457 e. The van der Waals surface area contributed by atoms with Crippen LogP contribution in [-0.2, 0) is 16.1 Å². The van der Waals surface area contributed by atoms with Crippen molar-refractivity contribution in [2.45, 2.75) is 13.0 Å². The van der Waals surface area contributed by atoms with Gasteiger partial charge in [0.1, 0.15) is 23.8 Å². The van der Waals surface area contributed by atoms with E-state index in [1.807, 2.05) is 0 Å². The average molecular weight is 379 g/mol. The van der Waals surface area contributed by atoms with Crippen molar-refractivity contribution in [2.75, 3.05) is 0 Å². The van der Waals surface area contributed by atoms with E-state index in [-0.39, 0.29) is 18.8 Å². The van der Waals surface area contributed by atoms with Crippen LogP contribution in [0.15, 0.2) is 42.5 Å². The Morgan fingerprint density at radius 1 is 1.24 bits per heavy atom. The summed E-state index contributed by atoms with van der Waals surface area (Å²) in [5, 5.41) is 0.925. The van der Waals surface area contributed by atoms with E-state index in [2.05, 4.69) is 9.97 Å². The molecule has 0 aliphatic rings. The number of benzene rings is 2. The Hall–Kier alpha value is -2.37. The molecule has 4 nitrogen and oxygen atoms in total. The number of rotatable bonds is 5. The lowest BCUT2D eigenvalue weighted by Crippen LogP contribution is -2.03. The van der Waals surface area contributed by atoms with Crippen molar-refractivity contribution < 1.29 is 13.9 Å². The molecule has 2 aromatic carbocycles. The van der Waals surface area contributed by atoms with Gasteiger partial charge >= 0.3 is 5.97 Å². The highest BCUT2D eigenvalue weighted by atomic mass is 35.5. The van der Waals surface area contributed by atoms with E-state index >= 15 is 0 Å². The molecule has 0 aliphatic heterocycles. The van der Waals surface area contributed by atoms with Crippen molar-refractivity contribution in [3.63, 3.8) is 0 Å². The van der Waals surface area contributed by atoms with Gasteiger partial charge in [0.2, 0.25) is 0 Å². The second-order valence-electron chi connectivity index (χ2n) is 5.29. The smallest absolute Gasteiger partial charge is 0.310 e. The van der Waals surface area contributed by atoms with E-state index in [9.17, 15) is 9.18 Å². The van der Waals surface area contributed by atoms with Gasteiger partial charge in [0.05, 0.1) is 17.0 Å². The van der Waals surface area contributed by atoms with Crippen molar-refractivity contribution in [3.8, 4) is 0 Å².